The summed E-state index contributed by atoms with van der Waals surface area (Å²) in [4.78, 5) is 0.833. The van der Waals surface area contributed by atoms with Crippen molar-refractivity contribution in [2.24, 2.45) is 0 Å². The molecule has 2 aliphatic rings. The monoisotopic (exact) mass is 600 g/mol. The minimum atomic E-state index is -3.09. The molecule has 0 saturated heterocycles. The molecule has 0 atom stereocenters. The standard InChI is InChI=1S/2C8H6O2S.2C8H6S/c2*9-11(10)6-5-7-3-1-2-4-8(7)11;2*1-2-4-8-7(3-1)5-6-9-8/h2*1-6H;2*1-6H. The molecule has 0 fully saturated rings. The van der Waals surface area contributed by atoms with Crippen LogP contribution in [0.3, 0.4) is 0 Å². The molecule has 0 aliphatic carbocycles. The van der Waals surface area contributed by atoms with E-state index in [0.717, 1.165) is 11.1 Å². The van der Waals surface area contributed by atoms with Crippen molar-refractivity contribution in [2.45, 2.75) is 9.79 Å². The van der Waals surface area contributed by atoms with E-state index >= 15 is 0 Å². The van der Waals surface area contributed by atoms with Gasteiger partial charge in [0, 0.05) is 20.2 Å². The zero-order chi connectivity index (χ0) is 28.0. The fourth-order valence-electron chi connectivity index (χ4n) is 4.04. The first-order chi connectivity index (χ1) is 19.3. The van der Waals surface area contributed by atoms with Gasteiger partial charge >= 0.3 is 0 Å². The molecule has 0 unspecified atom stereocenters. The van der Waals surface area contributed by atoms with Gasteiger partial charge in [0.1, 0.15) is 0 Å². The first-order valence-corrected chi connectivity index (χ1v) is 17.1. The van der Waals surface area contributed by atoms with Crippen molar-refractivity contribution >= 4 is 74.7 Å². The maximum Gasteiger partial charge on any atom is 0.200 e. The highest BCUT2D eigenvalue weighted by Crippen LogP contribution is 2.26. The van der Waals surface area contributed by atoms with Crippen molar-refractivity contribution in [1.82, 2.24) is 0 Å². The van der Waals surface area contributed by atoms with Gasteiger partial charge in [0.15, 0.2) is 19.7 Å². The van der Waals surface area contributed by atoms with Crippen LogP contribution in [0.1, 0.15) is 11.1 Å². The highest BCUT2D eigenvalue weighted by Gasteiger charge is 2.19. The molecule has 2 aromatic heterocycles. The Morgan fingerprint density at radius 2 is 0.800 bits per heavy atom. The van der Waals surface area contributed by atoms with Gasteiger partial charge in [0.2, 0.25) is 0 Å². The van der Waals surface area contributed by atoms with Crippen LogP contribution in [-0.2, 0) is 19.7 Å². The van der Waals surface area contributed by atoms with E-state index in [4.69, 9.17) is 0 Å². The van der Waals surface area contributed by atoms with Crippen molar-refractivity contribution in [3.8, 4) is 0 Å². The molecule has 0 radical (unpaired) electrons. The smallest absolute Gasteiger partial charge is 0.200 e. The summed E-state index contributed by atoms with van der Waals surface area (Å²) >= 11 is 3.57. The van der Waals surface area contributed by atoms with Crippen molar-refractivity contribution in [1.29, 1.82) is 0 Å². The quantitative estimate of drug-likeness (QED) is 0.175. The third-order valence-electron chi connectivity index (χ3n) is 6.03. The third kappa shape index (κ3) is 6.48. The van der Waals surface area contributed by atoms with Crippen LogP contribution in [0.15, 0.2) is 141 Å². The highest BCUT2D eigenvalue weighted by atomic mass is 32.2. The SMILES string of the molecule is O=S1(=O)C=Cc2ccccc21.O=S1(=O)C=Cc2ccccc21.c1ccc2sccc2c1.c1ccc2sccc2c1. The van der Waals surface area contributed by atoms with Gasteiger partial charge < -0.3 is 0 Å². The van der Waals surface area contributed by atoms with Crippen LogP contribution in [0.25, 0.3) is 32.3 Å². The number of rotatable bonds is 0. The number of hydrogen-bond acceptors (Lipinski definition) is 6. The second kappa shape index (κ2) is 12.1. The van der Waals surface area contributed by atoms with Gasteiger partial charge in [0.05, 0.1) is 9.79 Å². The second-order valence-corrected chi connectivity index (χ2v) is 14.2. The number of sulfone groups is 2. The Morgan fingerprint density at radius 1 is 0.425 bits per heavy atom. The Kier molecular flexibility index (Phi) is 8.42. The summed E-state index contributed by atoms with van der Waals surface area (Å²) < 4.78 is 47.4. The van der Waals surface area contributed by atoms with Crippen molar-refractivity contribution in [3.63, 3.8) is 0 Å². The van der Waals surface area contributed by atoms with Crippen LogP contribution in [0.4, 0.5) is 0 Å². The van der Waals surface area contributed by atoms with E-state index in [2.05, 4.69) is 71.4 Å². The van der Waals surface area contributed by atoms with Crippen molar-refractivity contribution in [2.75, 3.05) is 0 Å². The summed E-state index contributed by atoms with van der Waals surface area (Å²) in [5.74, 6) is 0. The molecule has 200 valence electrons. The average Bonchev–Trinajstić information content (AvgIpc) is 3.76. The van der Waals surface area contributed by atoms with Gasteiger partial charge in [-0.1, -0.05) is 72.8 Å². The Hall–Kier alpha value is -3.82. The van der Waals surface area contributed by atoms with Gasteiger partial charge in [-0.3, -0.25) is 0 Å². The Bertz CT molecular complexity index is 1840. The summed E-state index contributed by atoms with van der Waals surface area (Å²) in [6, 6.07) is 35.0. The van der Waals surface area contributed by atoms with E-state index in [0.29, 0.717) is 9.79 Å². The topological polar surface area (TPSA) is 68.3 Å². The molecule has 4 nitrogen and oxygen atoms in total. The molecule has 8 heteroatoms. The molecular formula is C32H24O4S4. The van der Waals surface area contributed by atoms with Crippen LogP contribution in [0, 0.1) is 0 Å². The Labute approximate surface area is 242 Å². The largest absolute Gasteiger partial charge is 0.219 e. The number of benzene rings is 4. The molecule has 0 amide bonds. The normalized spacial score (nSPS) is 14.6. The summed E-state index contributed by atoms with van der Waals surface area (Å²) in [5, 5.41) is 9.40. The zero-order valence-corrected chi connectivity index (χ0v) is 24.4. The summed E-state index contributed by atoms with van der Waals surface area (Å²) in [6.45, 7) is 0. The first-order valence-electron chi connectivity index (χ1n) is 12.2. The Balaban J connectivity index is 0.000000108. The lowest BCUT2D eigenvalue weighted by Crippen LogP contribution is -1.91. The fourth-order valence-corrected chi connectivity index (χ4v) is 8.03. The van der Waals surface area contributed by atoms with E-state index in [1.807, 2.05) is 12.1 Å². The van der Waals surface area contributed by atoms with Gasteiger partial charge in [-0.25, -0.2) is 16.8 Å². The van der Waals surface area contributed by atoms with E-state index < -0.39 is 19.7 Å². The lowest BCUT2D eigenvalue weighted by molar-refractivity contribution is 0.604. The molecule has 6 aromatic rings. The lowest BCUT2D eigenvalue weighted by Gasteiger charge is -1.94. The molecule has 0 bridgehead atoms. The predicted molar refractivity (Wildman–Crippen MR) is 169 cm³/mol. The summed E-state index contributed by atoms with van der Waals surface area (Å²) in [6.07, 6.45) is 3.23. The number of fused-ring (bicyclic) bond motifs is 4. The molecule has 0 spiro atoms. The van der Waals surface area contributed by atoms with E-state index in [9.17, 15) is 16.8 Å². The Morgan fingerprint density at radius 3 is 1.20 bits per heavy atom. The van der Waals surface area contributed by atoms with Crippen LogP contribution in [0.5, 0.6) is 0 Å². The number of hydrogen-bond donors (Lipinski definition) is 0. The summed E-state index contributed by atoms with van der Waals surface area (Å²) in [7, 11) is -6.17. The van der Waals surface area contributed by atoms with Crippen LogP contribution < -0.4 is 0 Å². The fraction of sp³-hybridized carbons (Fsp3) is 0. The minimum absolute atomic E-state index is 0.417. The second-order valence-electron chi connectivity index (χ2n) is 8.69. The molecular weight excluding hydrogens is 577 g/mol. The molecule has 4 aromatic carbocycles. The molecule has 2 aliphatic heterocycles. The number of thiophene rings is 2. The zero-order valence-electron chi connectivity index (χ0n) is 21.1. The van der Waals surface area contributed by atoms with Crippen LogP contribution in [0.2, 0.25) is 0 Å². The molecule has 40 heavy (non-hydrogen) atoms. The van der Waals surface area contributed by atoms with Gasteiger partial charge in [0.25, 0.3) is 0 Å². The maximum atomic E-state index is 11.2. The maximum absolute atomic E-state index is 11.2. The summed E-state index contributed by atoms with van der Waals surface area (Å²) in [5.41, 5.74) is 1.57. The van der Waals surface area contributed by atoms with Gasteiger partial charge in [-0.2, -0.15) is 0 Å². The van der Waals surface area contributed by atoms with Gasteiger partial charge in [-0.15, -0.1) is 22.7 Å². The third-order valence-corrected chi connectivity index (χ3v) is 10.8. The molecule has 0 N–H and O–H groups in total. The minimum Gasteiger partial charge on any atom is -0.219 e. The average molecular weight is 601 g/mol. The van der Waals surface area contributed by atoms with Crippen molar-refractivity contribution < 1.29 is 16.8 Å². The predicted octanol–water partition coefficient (Wildman–Crippen LogP) is 8.69. The van der Waals surface area contributed by atoms with E-state index in [-0.39, 0.29) is 0 Å². The van der Waals surface area contributed by atoms with Gasteiger partial charge in [-0.05, 0) is 81.2 Å². The van der Waals surface area contributed by atoms with Crippen molar-refractivity contribution in [3.05, 3.63) is 142 Å². The van der Waals surface area contributed by atoms with Crippen LogP contribution in [-0.4, -0.2) is 16.8 Å². The highest BCUT2D eigenvalue weighted by molar-refractivity contribution is 7.95. The van der Waals surface area contributed by atoms with E-state index in [1.54, 1.807) is 71.2 Å². The molecule has 4 heterocycles. The van der Waals surface area contributed by atoms with E-state index in [1.165, 1.54) is 31.0 Å². The molecule has 0 saturated carbocycles. The van der Waals surface area contributed by atoms with Crippen LogP contribution >= 0.6 is 22.7 Å². The first kappa shape index (κ1) is 27.7. The lowest BCUT2D eigenvalue weighted by atomic mass is 10.2. The molecule has 8 rings (SSSR count).